The van der Waals surface area contributed by atoms with Crippen LogP contribution in [0, 0.1) is 0 Å². The maximum Gasteiger partial charge on any atom is 0.274 e. The smallest absolute Gasteiger partial charge is 0.274 e. The molecule has 0 saturated carbocycles. The summed E-state index contributed by atoms with van der Waals surface area (Å²) in [5, 5.41) is 4.74. The molecule has 0 N–H and O–H groups in total. The molecular weight excluding hydrogens is 311 g/mol. The Morgan fingerprint density at radius 1 is 1.26 bits per heavy atom. The molecule has 0 aliphatic carbocycles. The normalized spacial score (nSPS) is 11.0. The van der Waals surface area contributed by atoms with Crippen LogP contribution in [0.1, 0.15) is 18.3 Å². The Balaban J connectivity index is 2.45. The molecule has 0 unspecified atom stereocenters. The predicted octanol–water partition coefficient (Wildman–Crippen LogP) is 2.55. The molecule has 2 aromatic heterocycles. The van der Waals surface area contributed by atoms with Crippen LogP contribution in [0.15, 0.2) is 11.1 Å². The van der Waals surface area contributed by atoms with Gasteiger partial charge in [-0.1, -0.05) is 41.7 Å². The third-order valence-corrected chi connectivity index (χ3v) is 3.92. The van der Waals surface area contributed by atoms with Crippen LogP contribution in [0.3, 0.4) is 0 Å². The van der Waals surface area contributed by atoms with E-state index in [-0.39, 0.29) is 16.7 Å². The van der Waals surface area contributed by atoms with E-state index in [1.807, 2.05) is 6.92 Å². The topological polar surface area (TPSA) is 52.7 Å². The lowest BCUT2D eigenvalue weighted by molar-refractivity contribution is 0.642. The summed E-state index contributed by atoms with van der Waals surface area (Å²) in [5.74, 6) is 0. The van der Waals surface area contributed by atoms with E-state index in [4.69, 9.17) is 34.8 Å². The molecule has 8 heteroatoms. The van der Waals surface area contributed by atoms with E-state index in [1.165, 1.54) is 10.9 Å². The fourth-order valence-electron chi connectivity index (χ4n) is 1.71. The van der Waals surface area contributed by atoms with E-state index in [9.17, 15) is 4.79 Å². The lowest BCUT2D eigenvalue weighted by atomic mass is 10.3. The van der Waals surface area contributed by atoms with Crippen LogP contribution in [0.5, 0.6) is 0 Å². The minimum Gasteiger partial charge on any atom is -0.292 e. The number of rotatable bonds is 3. The summed E-state index contributed by atoms with van der Waals surface area (Å²) in [6.07, 6.45) is 2.06. The molecule has 102 valence electrons. The number of hydrogen-bond acceptors (Lipinski definition) is 3. The van der Waals surface area contributed by atoms with Gasteiger partial charge in [-0.15, -0.1) is 0 Å². The Morgan fingerprint density at radius 2 is 1.95 bits per heavy atom. The minimum atomic E-state index is -0.406. The van der Waals surface area contributed by atoms with Gasteiger partial charge in [0.2, 0.25) is 0 Å². The van der Waals surface area contributed by atoms with Crippen molar-refractivity contribution in [3.05, 3.63) is 43.3 Å². The number of halogens is 3. The molecule has 0 saturated heterocycles. The molecule has 2 aromatic rings. The van der Waals surface area contributed by atoms with Gasteiger partial charge in [0.1, 0.15) is 5.02 Å². The molecule has 2 rings (SSSR count). The molecule has 0 aliphatic heterocycles. The monoisotopic (exact) mass is 320 g/mol. The maximum absolute atomic E-state index is 11.9. The van der Waals surface area contributed by atoms with Gasteiger partial charge >= 0.3 is 0 Å². The SMILES string of the molecule is CCc1nn(C)c(Cn2cnc(Cl)c(Cl)c2=O)c1Cl. The van der Waals surface area contributed by atoms with Crippen molar-refractivity contribution in [2.45, 2.75) is 19.9 Å². The number of aromatic nitrogens is 4. The first-order valence-corrected chi connectivity index (χ1v) is 6.69. The third-order valence-electron chi connectivity index (χ3n) is 2.76. The number of aryl methyl sites for hydroxylation is 2. The van der Waals surface area contributed by atoms with Crippen molar-refractivity contribution < 1.29 is 0 Å². The zero-order valence-corrected chi connectivity index (χ0v) is 12.6. The molecule has 0 amide bonds. The van der Waals surface area contributed by atoms with Crippen molar-refractivity contribution in [2.75, 3.05) is 0 Å². The number of nitrogens with zero attached hydrogens (tertiary/aromatic N) is 4. The van der Waals surface area contributed by atoms with Gasteiger partial charge in [-0.25, -0.2) is 4.98 Å². The lowest BCUT2D eigenvalue weighted by Crippen LogP contribution is -2.22. The zero-order valence-electron chi connectivity index (χ0n) is 10.3. The Labute approximate surface area is 124 Å². The van der Waals surface area contributed by atoms with E-state index in [0.29, 0.717) is 5.02 Å². The summed E-state index contributed by atoms with van der Waals surface area (Å²) in [4.78, 5) is 15.8. The molecule has 2 heterocycles. The van der Waals surface area contributed by atoms with E-state index >= 15 is 0 Å². The van der Waals surface area contributed by atoms with E-state index in [1.54, 1.807) is 11.7 Å². The maximum atomic E-state index is 11.9. The average molecular weight is 322 g/mol. The summed E-state index contributed by atoms with van der Waals surface area (Å²) in [7, 11) is 1.77. The lowest BCUT2D eigenvalue weighted by Gasteiger charge is -2.07. The molecule has 0 atom stereocenters. The van der Waals surface area contributed by atoms with Crippen LogP contribution in [-0.2, 0) is 20.0 Å². The van der Waals surface area contributed by atoms with Gasteiger partial charge in [0.05, 0.1) is 29.3 Å². The molecule has 0 radical (unpaired) electrons. The van der Waals surface area contributed by atoms with Crippen LogP contribution in [0.25, 0.3) is 0 Å². The van der Waals surface area contributed by atoms with Gasteiger partial charge in [0.15, 0.2) is 5.15 Å². The summed E-state index contributed by atoms with van der Waals surface area (Å²) in [6, 6.07) is 0. The van der Waals surface area contributed by atoms with Gasteiger partial charge in [-0.3, -0.25) is 14.0 Å². The summed E-state index contributed by atoms with van der Waals surface area (Å²) < 4.78 is 2.99. The highest BCUT2D eigenvalue weighted by Crippen LogP contribution is 2.21. The van der Waals surface area contributed by atoms with Crippen molar-refractivity contribution in [2.24, 2.45) is 7.05 Å². The second-order valence-electron chi connectivity index (χ2n) is 3.97. The third kappa shape index (κ3) is 2.63. The summed E-state index contributed by atoms with van der Waals surface area (Å²) >= 11 is 17.7. The van der Waals surface area contributed by atoms with Crippen molar-refractivity contribution in [1.82, 2.24) is 19.3 Å². The highest BCUT2D eigenvalue weighted by atomic mass is 35.5. The first-order valence-electron chi connectivity index (χ1n) is 5.56. The largest absolute Gasteiger partial charge is 0.292 e. The van der Waals surface area contributed by atoms with Crippen molar-refractivity contribution in [3.8, 4) is 0 Å². The van der Waals surface area contributed by atoms with Gasteiger partial charge in [0, 0.05) is 7.05 Å². The van der Waals surface area contributed by atoms with Crippen LogP contribution in [0.4, 0.5) is 0 Å². The molecule has 0 fully saturated rings. The van der Waals surface area contributed by atoms with Crippen LogP contribution < -0.4 is 5.56 Å². The van der Waals surface area contributed by atoms with Gasteiger partial charge in [0.25, 0.3) is 5.56 Å². The van der Waals surface area contributed by atoms with Crippen molar-refractivity contribution >= 4 is 34.8 Å². The first-order chi connectivity index (χ1) is 8.95. The highest BCUT2D eigenvalue weighted by molar-refractivity contribution is 6.40. The molecular formula is C11H11Cl3N4O. The quantitative estimate of drug-likeness (QED) is 0.816. The van der Waals surface area contributed by atoms with Crippen LogP contribution in [-0.4, -0.2) is 19.3 Å². The molecule has 19 heavy (non-hydrogen) atoms. The van der Waals surface area contributed by atoms with Crippen LogP contribution in [0.2, 0.25) is 15.2 Å². The van der Waals surface area contributed by atoms with Crippen molar-refractivity contribution in [3.63, 3.8) is 0 Å². The Hall–Kier alpha value is -1.04. The molecule has 0 spiro atoms. The number of hydrogen-bond donors (Lipinski definition) is 0. The van der Waals surface area contributed by atoms with Gasteiger partial charge in [-0.2, -0.15) is 5.10 Å². The molecule has 0 aliphatic rings. The Bertz CT molecular complexity index is 677. The van der Waals surface area contributed by atoms with Crippen LogP contribution >= 0.6 is 34.8 Å². The Morgan fingerprint density at radius 3 is 2.53 bits per heavy atom. The van der Waals surface area contributed by atoms with E-state index in [2.05, 4.69) is 10.1 Å². The first kappa shape index (κ1) is 14.4. The van der Waals surface area contributed by atoms with Crippen molar-refractivity contribution in [1.29, 1.82) is 0 Å². The minimum absolute atomic E-state index is 0.00623. The molecule has 5 nitrogen and oxygen atoms in total. The highest BCUT2D eigenvalue weighted by Gasteiger charge is 2.15. The van der Waals surface area contributed by atoms with Gasteiger partial charge < -0.3 is 0 Å². The van der Waals surface area contributed by atoms with E-state index < -0.39 is 5.56 Å². The Kier molecular flexibility index (Phi) is 4.18. The molecule has 0 bridgehead atoms. The summed E-state index contributed by atoms with van der Waals surface area (Å²) in [5.41, 5.74) is 1.11. The molecule has 0 aromatic carbocycles. The van der Waals surface area contributed by atoms with Gasteiger partial charge in [-0.05, 0) is 6.42 Å². The summed E-state index contributed by atoms with van der Waals surface area (Å²) in [6.45, 7) is 2.20. The zero-order chi connectivity index (χ0) is 14.2. The standard InChI is InChI=1S/C11H11Cl3N4O/c1-3-6-8(12)7(17(2)16-6)4-18-5-15-10(14)9(13)11(18)19/h5H,3-4H2,1-2H3. The fraction of sp³-hybridized carbons (Fsp3) is 0.364. The second-order valence-corrected chi connectivity index (χ2v) is 5.08. The average Bonchev–Trinajstić information content (AvgIpc) is 2.66. The fourth-order valence-corrected chi connectivity index (χ4v) is 2.34. The van der Waals surface area contributed by atoms with E-state index in [0.717, 1.165) is 17.8 Å². The second kappa shape index (κ2) is 5.53. The predicted molar refractivity (Wildman–Crippen MR) is 75.2 cm³/mol.